The van der Waals surface area contributed by atoms with Gasteiger partial charge in [-0.25, -0.2) is 9.07 Å². The number of carbonyl (C=O) groups excluding carboxylic acids is 1. The minimum absolute atomic E-state index is 0.0197. The van der Waals surface area contributed by atoms with Gasteiger partial charge in [0.2, 0.25) is 16.9 Å². The molecule has 24 heavy (non-hydrogen) atoms. The van der Waals surface area contributed by atoms with Crippen molar-refractivity contribution in [3.8, 4) is 11.5 Å². The second-order valence-electron chi connectivity index (χ2n) is 4.71. The zero-order valence-electron chi connectivity index (χ0n) is 12.4. The zero-order chi connectivity index (χ0) is 16.9. The highest BCUT2D eigenvalue weighted by Gasteiger charge is 2.15. The van der Waals surface area contributed by atoms with Crippen LogP contribution in [-0.4, -0.2) is 31.5 Å². The molecule has 0 aliphatic rings. The maximum atomic E-state index is 13.5. The van der Waals surface area contributed by atoms with E-state index < -0.39 is 5.82 Å². The molecule has 3 rings (SSSR count). The number of anilines is 1. The average Bonchev–Trinajstić information content (AvgIpc) is 2.97. The van der Waals surface area contributed by atoms with Gasteiger partial charge in [0.1, 0.15) is 11.5 Å². The summed E-state index contributed by atoms with van der Waals surface area (Å²) >= 11 is 1.10. The van der Waals surface area contributed by atoms with E-state index in [1.165, 1.54) is 16.8 Å². The van der Waals surface area contributed by atoms with Crippen molar-refractivity contribution in [3.63, 3.8) is 0 Å². The van der Waals surface area contributed by atoms with Crippen LogP contribution in [0.1, 0.15) is 0 Å². The largest absolute Gasteiger partial charge is 0.335 e. The predicted octanol–water partition coefficient (Wildman–Crippen LogP) is 1.92. The Morgan fingerprint density at radius 1 is 1.21 bits per heavy atom. The predicted molar refractivity (Wildman–Crippen MR) is 89.2 cm³/mol. The van der Waals surface area contributed by atoms with Crippen molar-refractivity contribution in [1.29, 1.82) is 0 Å². The molecule has 0 radical (unpaired) electrons. The Morgan fingerprint density at radius 3 is 2.75 bits per heavy atom. The Balaban J connectivity index is 1.64. The highest BCUT2D eigenvalue weighted by atomic mass is 32.2. The van der Waals surface area contributed by atoms with Gasteiger partial charge in [-0.15, -0.1) is 10.2 Å². The first-order valence-corrected chi connectivity index (χ1v) is 7.93. The van der Waals surface area contributed by atoms with Crippen molar-refractivity contribution in [1.82, 2.24) is 19.9 Å². The number of aromatic nitrogens is 4. The first-order valence-electron chi connectivity index (χ1n) is 6.94. The molecule has 0 spiro atoms. The first kappa shape index (κ1) is 15.9. The number of benzene rings is 1. The van der Waals surface area contributed by atoms with E-state index in [0.717, 1.165) is 11.8 Å². The molecule has 0 bridgehead atoms. The van der Waals surface area contributed by atoms with Crippen LogP contribution >= 0.6 is 11.8 Å². The lowest BCUT2D eigenvalue weighted by molar-refractivity contribution is -0.113. The lowest BCUT2D eigenvalue weighted by Gasteiger charge is -2.06. The molecule has 0 unspecified atom stereocenters. The van der Waals surface area contributed by atoms with Gasteiger partial charge >= 0.3 is 0 Å². The third kappa shape index (κ3) is 3.51. The fourth-order valence-corrected chi connectivity index (χ4v) is 2.58. The summed E-state index contributed by atoms with van der Waals surface area (Å²) in [7, 11) is 0. The van der Waals surface area contributed by atoms with Crippen molar-refractivity contribution < 1.29 is 9.18 Å². The quantitative estimate of drug-likeness (QED) is 0.542. The molecule has 0 fully saturated rings. The van der Waals surface area contributed by atoms with Gasteiger partial charge in [-0.1, -0.05) is 30.0 Å². The van der Waals surface area contributed by atoms with Gasteiger partial charge in [0, 0.05) is 6.20 Å². The molecule has 2 aromatic heterocycles. The number of carbonyl (C=O) groups is 1. The maximum Gasteiger partial charge on any atom is 0.234 e. The molecular formula is C15H13FN6OS. The van der Waals surface area contributed by atoms with Crippen molar-refractivity contribution in [2.24, 2.45) is 0 Å². The number of para-hydroxylation sites is 1. The van der Waals surface area contributed by atoms with Crippen LogP contribution in [0, 0.1) is 5.82 Å². The number of nitrogens with one attached hydrogen (secondary N) is 1. The molecular weight excluding hydrogens is 331 g/mol. The number of nitrogens with two attached hydrogens (primary N) is 1. The van der Waals surface area contributed by atoms with Gasteiger partial charge in [-0.3, -0.25) is 9.78 Å². The van der Waals surface area contributed by atoms with Crippen LogP contribution in [0.3, 0.4) is 0 Å². The summed E-state index contributed by atoms with van der Waals surface area (Å²) < 4.78 is 14.8. The van der Waals surface area contributed by atoms with E-state index >= 15 is 0 Å². The summed E-state index contributed by atoms with van der Waals surface area (Å²) in [6.45, 7) is 0. The molecule has 2 heterocycles. The van der Waals surface area contributed by atoms with Crippen LogP contribution in [0.15, 0.2) is 53.8 Å². The molecule has 1 amide bonds. The summed E-state index contributed by atoms with van der Waals surface area (Å²) in [6, 6.07) is 11.3. The van der Waals surface area contributed by atoms with Crippen LogP contribution in [0.25, 0.3) is 11.5 Å². The number of pyridine rings is 1. The molecule has 0 saturated heterocycles. The highest BCUT2D eigenvalue weighted by Crippen LogP contribution is 2.20. The SMILES string of the molecule is Nn1c(SCC(=O)Nc2ccccc2F)nnc1-c1ccccn1. The third-order valence-corrected chi connectivity index (χ3v) is 3.98. The minimum atomic E-state index is -0.490. The van der Waals surface area contributed by atoms with E-state index in [2.05, 4.69) is 20.5 Å². The standard InChI is InChI=1S/C15H13FN6OS/c16-10-5-1-2-6-11(10)19-13(23)9-24-15-21-20-14(22(15)17)12-7-3-4-8-18-12/h1-8H,9,17H2,(H,19,23). The normalized spacial score (nSPS) is 10.5. The lowest BCUT2D eigenvalue weighted by Crippen LogP contribution is -2.17. The van der Waals surface area contributed by atoms with Crippen molar-refractivity contribution >= 4 is 23.4 Å². The zero-order valence-corrected chi connectivity index (χ0v) is 13.2. The molecule has 3 N–H and O–H groups in total. The summed E-state index contributed by atoms with van der Waals surface area (Å²) in [5, 5.41) is 10.8. The van der Waals surface area contributed by atoms with Gasteiger partial charge < -0.3 is 11.2 Å². The van der Waals surface area contributed by atoms with E-state index in [1.54, 1.807) is 30.5 Å². The summed E-state index contributed by atoms with van der Waals surface area (Å²) in [6.07, 6.45) is 1.62. The number of amides is 1. The molecule has 0 atom stereocenters. The Labute approximate surface area is 141 Å². The molecule has 3 aromatic rings. The lowest BCUT2D eigenvalue weighted by atomic mass is 10.3. The number of nitrogen functional groups attached to an aromatic ring is 1. The van der Waals surface area contributed by atoms with Crippen LogP contribution in [0.2, 0.25) is 0 Å². The highest BCUT2D eigenvalue weighted by molar-refractivity contribution is 7.99. The molecule has 0 saturated carbocycles. The molecule has 0 aliphatic carbocycles. The fourth-order valence-electron chi connectivity index (χ4n) is 1.92. The maximum absolute atomic E-state index is 13.5. The second kappa shape index (κ2) is 7.09. The first-order chi connectivity index (χ1) is 11.6. The van der Waals surface area contributed by atoms with E-state index in [4.69, 9.17) is 5.84 Å². The molecule has 1 aromatic carbocycles. The van der Waals surface area contributed by atoms with E-state index in [0.29, 0.717) is 16.7 Å². The number of halogens is 1. The average molecular weight is 344 g/mol. The van der Waals surface area contributed by atoms with Gasteiger partial charge in [0.25, 0.3) is 0 Å². The van der Waals surface area contributed by atoms with Gasteiger partial charge in [0.05, 0.1) is 11.4 Å². The van der Waals surface area contributed by atoms with E-state index in [1.807, 2.05) is 6.07 Å². The summed E-state index contributed by atoms with van der Waals surface area (Å²) in [5.41, 5.74) is 0.710. The number of thioether (sulfide) groups is 1. The van der Waals surface area contributed by atoms with Crippen LogP contribution in [0.4, 0.5) is 10.1 Å². The Morgan fingerprint density at radius 2 is 2.00 bits per heavy atom. The van der Waals surface area contributed by atoms with E-state index in [9.17, 15) is 9.18 Å². The molecule has 0 aliphatic heterocycles. The van der Waals surface area contributed by atoms with Gasteiger partial charge in [0.15, 0.2) is 0 Å². The molecule has 9 heteroatoms. The van der Waals surface area contributed by atoms with E-state index in [-0.39, 0.29) is 17.3 Å². The summed E-state index contributed by atoms with van der Waals surface area (Å²) in [4.78, 5) is 16.1. The summed E-state index contributed by atoms with van der Waals surface area (Å²) in [5.74, 6) is 5.49. The molecule has 7 nitrogen and oxygen atoms in total. The number of rotatable bonds is 5. The minimum Gasteiger partial charge on any atom is -0.335 e. The Hall–Kier alpha value is -2.94. The Kier molecular flexibility index (Phi) is 4.71. The third-order valence-electron chi connectivity index (χ3n) is 3.04. The topological polar surface area (TPSA) is 98.7 Å². The Bertz CT molecular complexity index is 854. The van der Waals surface area contributed by atoms with Crippen LogP contribution in [0.5, 0.6) is 0 Å². The van der Waals surface area contributed by atoms with Crippen LogP contribution in [-0.2, 0) is 4.79 Å². The number of nitrogens with zero attached hydrogens (tertiary/aromatic N) is 4. The van der Waals surface area contributed by atoms with Gasteiger partial charge in [-0.05, 0) is 24.3 Å². The van der Waals surface area contributed by atoms with Crippen molar-refractivity contribution in [2.45, 2.75) is 5.16 Å². The number of hydrogen-bond donors (Lipinski definition) is 2. The van der Waals surface area contributed by atoms with Crippen molar-refractivity contribution in [2.75, 3.05) is 16.9 Å². The smallest absolute Gasteiger partial charge is 0.234 e. The monoisotopic (exact) mass is 344 g/mol. The fraction of sp³-hybridized carbons (Fsp3) is 0.0667. The van der Waals surface area contributed by atoms with Gasteiger partial charge in [-0.2, -0.15) is 0 Å². The molecule has 122 valence electrons. The van der Waals surface area contributed by atoms with Crippen LogP contribution < -0.4 is 11.2 Å². The number of hydrogen-bond acceptors (Lipinski definition) is 6. The van der Waals surface area contributed by atoms with Crippen molar-refractivity contribution in [3.05, 3.63) is 54.5 Å². The second-order valence-corrected chi connectivity index (χ2v) is 5.65.